The molecule has 166 valence electrons. The van der Waals surface area contributed by atoms with Crippen LogP contribution in [0, 0.1) is 11.3 Å². The monoisotopic (exact) mass is 504 g/mol. The first-order chi connectivity index (χ1) is 14.3. The largest absolute Gasteiger partial charge is 0.604 e. The van der Waals surface area contributed by atoms with Gasteiger partial charge in [0.2, 0.25) is 10.6 Å². The van der Waals surface area contributed by atoms with Crippen LogP contribution in [0.15, 0.2) is 46.1 Å². The van der Waals surface area contributed by atoms with Gasteiger partial charge in [0, 0.05) is 0 Å². The van der Waals surface area contributed by atoms with Crippen molar-refractivity contribution in [3.63, 3.8) is 0 Å². The third-order valence-electron chi connectivity index (χ3n) is 3.36. The fourth-order valence-corrected chi connectivity index (χ4v) is 3.53. The van der Waals surface area contributed by atoms with Crippen LogP contribution in [0.4, 0.5) is 32.2 Å². The number of halogens is 8. The average molecular weight is 505 g/mol. The first-order valence-corrected chi connectivity index (χ1v) is 9.50. The van der Waals surface area contributed by atoms with Crippen molar-refractivity contribution >= 4 is 40.2 Å². The number of benzene rings is 1. The molecule has 0 fully saturated rings. The minimum absolute atomic E-state index is 0.433. The number of nitriles is 1. The first-order valence-electron chi connectivity index (χ1n) is 7.60. The molecule has 6 nitrogen and oxygen atoms in total. The van der Waals surface area contributed by atoms with Crippen molar-refractivity contribution in [2.75, 3.05) is 5.73 Å². The SMILES string of the molecule is N#Cc1nn(-c2c(Cl)cc(C(F)(F)F)cc2Cl)c(N)c1[S+]([O-])C(F)(F)F.c1ccoc1. The molecule has 1 atom stereocenters. The van der Waals surface area contributed by atoms with Crippen molar-refractivity contribution in [1.82, 2.24) is 9.78 Å². The number of rotatable bonds is 2. The summed E-state index contributed by atoms with van der Waals surface area (Å²) in [6, 6.07) is 5.86. The third kappa shape index (κ3) is 5.59. The summed E-state index contributed by atoms with van der Waals surface area (Å²) in [5.74, 6) is -0.902. The molecule has 0 spiro atoms. The Balaban J connectivity index is 0.000000597. The molecule has 0 saturated carbocycles. The molecule has 2 N–H and O–H groups in total. The Hall–Kier alpha value is -2.53. The molecule has 0 saturated heterocycles. The highest BCUT2D eigenvalue weighted by Crippen LogP contribution is 2.41. The summed E-state index contributed by atoms with van der Waals surface area (Å²) >= 11 is 7.77. The van der Waals surface area contributed by atoms with Gasteiger partial charge in [0.1, 0.15) is 22.9 Å². The molecule has 1 aromatic carbocycles. The lowest BCUT2D eigenvalue weighted by molar-refractivity contribution is -0.137. The summed E-state index contributed by atoms with van der Waals surface area (Å²) in [5, 5.41) is 11.1. The summed E-state index contributed by atoms with van der Waals surface area (Å²) in [7, 11) is 0. The summed E-state index contributed by atoms with van der Waals surface area (Å²) in [4.78, 5) is -1.15. The number of hydrogen-bond donors (Lipinski definition) is 1. The number of furan rings is 1. The van der Waals surface area contributed by atoms with Gasteiger partial charge in [-0.2, -0.15) is 18.4 Å². The van der Waals surface area contributed by atoms with E-state index >= 15 is 0 Å². The molecule has 0 bridgehead atoms. The molecule has 3 aromatic rings. The quantitative estimate of drug-likeness (QED) is 0.363. The van der Waals surface area contributed by atoms with E-state index in [9.17, 15) is 30.9 Å². The van der Waals surface area contributed by atoms with Crippen molar-refractivity contribution in [2.24, 2.45) is 0 Å². The number of aromatic nitrogens is 2. The fraction of sp³-hybridized carbons (Fsp3) is 0.125. The van der Waals surface area contributed by atoms with Gasteiger partial charge in [0.05, 0.1) is 28.1 Å². The second-order valence-electron chi connectivity index (χ2n) is 5.38. The minimum Gasteiger partial charge on any atom is -0.604 e. The van der Waals surface area contributed by atoms with Crippen molar-refractivity contribution in [2.45, 2.75) is 16.6 Å². The Bertz CT molecular complexity index is 1050. The van der Waals surface area contributed by atoms with Gasteiger partial charge < -0.3 is 14.7 Å². The maximum Gasteiger partial charge on any atom is 0.578 e. The molecule has 3 rings (SSSR count). The van der Waals surface area contributed by atoms with Crippen molar-refractivity contribution in [3.8, 4) is 11.8 Å². The van der Waals surface area contributed by atoms with E-state index in [-0.39, 0.29) is 0 Å². The third-order valence-corrected chi connectivity index (χ3v) is 5.13. The van der Waals surface area contributed by atoms with Crippen LogP contribution in [0.2, 0.25) is 10.0 Å². The highest BCUT2D eigenvalue weighted by molar-refractivity contribution is 7.92. The second kappa shape index (κ2) is 9.31. The lowest BCUT2D eigenvalue weighted by atomic mass is 10.2. The predicted octanol–water partition coefficient (Wildman–Crippen LogP) is 5.56. The predicted molar refractivity (Wildman–Crippen MR) is 98.9 cm³/mol. The average Bonchev–Trinajstić information content (AvgIpc) is 3.31. The zero-order valence-electron chi connectivity index (χ0n) is 14.6. The molecule has 2 heterocycles. The number of nitrogens with two attached hydrogens (primary N) is 1. The van der Waals surface area contributed by atoms with Crippen molar-refractivity contribution in [3.05, 3.63) is 58.1 Å². The maximum atomic E-state index is 12.7. The van der Waals surface area contributed by atoms with E-state index in [1.54, 1.807) is 12.5 Å². The summed E-state index contributed by atoms with van der Waals surface area (Å²) in [6.45, 7) is 0. The molecule has 0 aliphatic heterocycles. The Morgan fingerprint density at radius 1 is 1.10 bits per heavy atom. The molecule has 0 amide bonds. The van der Waals surface area contributed by atoms with E-state index in [0.717, 1.165) is 0 Å². The van der Waals surface area contributed by atoms with Crippen LogP contribution in [0.1, 0.15) is 11.3 Å². The smallest absolute Gasteiger partial charge is 0.578 e. The molecule has 31 heavy (non-hydrogen) atoms. The van der Waals surface area contributed by atoms with Gasteiger partial charge in [-0.3, -0.25) is 0 Å². The van der Waals surface area contributed by atoms with Crippen LogP contribution in [0.25, 0.3) is 5.69 Å². The van der Waals surface area contributed by atoms with E-state index in [0.29, 0.717) is 16.8 Å². The fourth-order valence-electron chi connectivity index (χ4n) is 2.12. The van der Waals surface area contributed by atoms with Gasteiger partial charge in [-0.1, -0.05) is 23.2 Å². The van der Waals surface area contributed by atoms with Gasteiger partial charge in [-0.15, -0.1) is 18.3 Å². The van der Waals surface area contributed by atoms with Crippen LogP contribution in [0.3, 0.4) is 0 Å². The zero-order chi connectivity index (χ0) is 23.6. The highest BCUT2D eigenvalue weighted by Gasteiger charge is 2.50. The lowest BCUT2D eigenvalue weighted by Gasteiger charge is -2.14. The number of nitrogens with zero attached hydrogens (tertiary/aromatic N) is 3. The lowest BCUT2D eigenvalue weighted by Crippen LogP contribution is -2.24. The Morgan fingerprint density at radius 3 is 1.97 bits per heavy atom. The van der Waals surface area contributed by atoms with Gasteiger partial charge in [-0.25, -0.2) is 4.68 Å². The number of nitrogen functional groups attached to an aromatic ring is 1. The standard InChI is InChI=1S/C12H4Cl2F6N4OS.C4H4O/c13-5-1-4(11(15,16)17)2-6(14)8(5)24-10(22)9(7(3-21)23-24)26(25)12(18,19)20;1-2-4-5-3-1/h1-2H,22H2;1-4H. The topological polar surface area (TPSA) is 104 Å². The number of hydrogen-bond acceptors (Lipinski definition) is 5. The van der Waals surface area contributed by atoms with Crippen LogP contribution in [-0.4, -0.2) is 19.8 Å². The van der Waals surface area contributed by atoms with Crippen LogP contribution in [-0.2, 0) is 17.4 Å². The van der Waals surface area contributed by atoms with E-state index < -0.39 is 60.6 Å². The second-order valence-corrected chi connectivity index (χ2v) is 7.60. The molecular formula is C16H8Cl2F6N4O2S. The van der Waals surface area contributed by atoms with Crippen LogP contribution in [0.5, 0.6) is 0 Å². The Labute approximate surface area is 182 Å². The maximum absolute atomic E-state index is 12.7. The molecule has 0 aliphatic rings. The summed E-state index contributed by atoms with van der Waals surface area (Å²) < 4.78 is 92.9. The van der Waals surface area contributed by atoms with Gasteiger partial charge in [0.25, 0.3) is 0 Å². The van der Waals surface area contributed by atoms with Gasteiger partial charge >= 0.3 is 11.7 Å². The first kappa shape index (κ1) is 24.7. The normalized spacial score (nSPS) is 12.6. The van der Waals surface area contributed by atoms with E-state index in [1.165, 1.54) is 6.07 Å². The van der Waals surface area contributed by atoms with E-state index in [2.05, 4.69) is 9.52 Å². The number of anilines is 1. The zero-order valence-corrected chi connectivity index (χ0v) is 17.0. The summed E-state index contributed by atoms with van der Waals surface area (Å²) in [5.41, 5.74) is -2.42. The van der Waals surface area contributed by atoms with Crippen LogP contribution >= 0.6 is 23.2 Å². The molecule has 15 heteroatoms. The minimum atomic E-state index is -5.25. The molecule has 2 aromatic heterocycles. The van der Waals surface area contributed by atoms with Crippen molar-refractivity contribution in [1.29, 1.82) is 5.26 Å². The van der Waals surface area contributed by atoms with E-state index in [4.69, 9.17) is 34.2 Å². The van der Waals surface area contributed by atoms with Gasteiger partial charge in [-0.05, 0) is 24.3 Å². The highest BCUT2D eigenvalue weighted by atomic mass is 35.5. The van der Waals surface area contributed by atoms with E-state index in [1.807, 2.05) is 12.1 Å². The molecule has 1 unspecified atom stereocenters. The molecular weight excluding hydrogens is 497 g/mol. The Morgan fingerprint density at radius 2 is 1.61 bits per heavy atom. The Kier molecular flexibility index (Phi) is 7.43. The molecule has 0 radical (unpaired) electrons. The van der Waals surface area contributed by atoms with Crippen molar-refractivity contribution < 1.29 is 35.3 Å². The summed E-state index contributed by atoms with van der Waals surface area (Å²) in [6.07, 6.45) is -1.54. The van der Waals surface area contributed by atoms with Gasteiger partial charge in [0.15, 0.2) is 5.82 Å². The van der Waals surface area contributed by atoms with Crippen LogP contribution < -0.4 is 5.73 Å². The molecule has 0 aliphatic carbocycles. The number of alkyl halides is 6.